The van der Waals surface area contributed by atoms with Crippen molar-refractivity contribution < 1.29 is 4.79 Å². The quantitative estimate of drug-likeness (QED) is 0.404. The van der Waals surface area contributed by atoms with E-state index in [4.69, 9.17) is 5.84 Å². The third kappa shape index (κ3) is 3.66. The smallest absolute Gasteiger partial charge is 0.238 e. The first-order valence-electron chi connectivity index (χ1n) is 4.17. The van der Waals surface area contributed by atoms with Crippen LogP contribution in [0.2, 0.25) is 0 Å². The summed E-state index contributed by atoms with van der Waals surface area (Å²) in [5, 5.41) is 1.05. The Bertz CT molecular complexity index is 248. The van der Waals surface area contributed by atoms with Gasteiger partial charge in [-0.2, -0.15) is 0 Å². The van der Waals surface area contributed by atoms with E-state index in [2.05, 4.69) is 4.98 Å². The highest BCUT2D eigenvalue weighted by atomic mass is 16.2. The number of carbonyl (C=O) groups excluding carboxylic acids is 1. The molecule has 2 N–H and O–H groups in total. The van der Waals surface area contributed by atoms with Gasteiger partial charge in [-0.1, -0.05) is 13.8 Å². The van der Waals surface area contributed by atoms with Crippen molar-refractivity contribution in [1.82, 2.24) is 4.98 Å². The van der Waals surface area contributed by atoms with Crippen LogP contribution < -0.4 is 10.9 Å². The van der Waals surface area contributed by atoms with Gasteiger partial charge in [-0.3, -0.25) is 9.78 Å². The SMILES string of the molecule is CC.CC(=O)N(N)c1cccnc1. The van der Waals surface area contributed by atoms with Crippen LogP contribution in [0.15, 0.2) is 24.5 Å². The molecule has 1 heterocycles. The topological polar surface area (TPSA) is 59.2 Å². The average Bonchev–Trinajstić information content (AvgIpc) is 2.21. The van der Waals surface area contributed by atoms with Gasteiger partial charge in [0.2, 0.25) is 5.91 Å². The van der Waals surface area contributed by atoms with Crippen molar-refractivity contribution in [3.05, 3.63) is 24.5 Å². The molecule has 72 valence electrons. The normalized spacial score (nSPS) is 8.31. The molecule has 1 aromatic rings. The van der Waals surface area contributed by atoms with Crippen LogP contribution in [0.25, 0.3) is 0 Å². The molecule has 0 spiro atoms. The van der Waals surface area contributed by atoms with Crippen molar-refractivity contribution in [2.45, 2.75) is 20.8 Å². The van der Waals surface area contributed by atoms with Crippen LogP contribution in [0.5, 0.6) is 0 Å². The molecular formula is C9H15N3O. The Balaban J connectivity index is 0.000000671. The Morgan fingerprint density at radius 3 is 2.54 bits per heavy atom. The van der Waals surface area contributed by atoms with E-state index in [1.807, 2.05) is 13.8 Å². The van der Waals surface area contributed by atoms with Crippen molar-refractivity contribution in [3.8, 4) is 0 Å². The fourth-order valence-corrected chi connectivity index (χ4v) is 0.678. The zero-order valence-electron chi connectivity index (χ0n) is 8.19. The zero-order valence-corrected chi connectivity index (χ0v) is 8.19. The van der Waals surface area contributed by atoms with E-state index in [0.717, 1.165) is 5.01 Å². The molecule has 0 atom stereocenters. The Kier molecular flexibility index (Phi) is 5.47. The lowest BCUT2D eigenvalue weighted by atomic mass is 10.4. The average molecular weight is 181 g/mol. The van der Waals surface area contributed by atoms with Gasteiger partial charge in [0.25, 0.3) is 0 Å². The van der Waals surface area contributed by atoms with E-state index in [0.29, 0.717) is 5.69 Å². The summed E-state index contributed by atoms with van der Waals surface area (Å²) in [7, 11) is 0. The molecule has 0 aliphatic rings. The van der Waals surface area contributed by atoms with E-state index in [1.165, 1.54) is 13.1 Å². The highest BCUT2D eigenvalue weighted by molar-refractivity contribution is 5.89. The number of hydrogen-bond acceptors (Lipinski definition) is 3. The monoisotopic (exact) mass is 181 g/mol. The van der Waals surface area contributed by atoms with Crippen LogP contribution >= 0.6 is 0 Å². The largest absolute Gasteiger partial charge is 0.273 e. The second-order valence-corrected chi connectivity index (χ2v) is 2.10. The summed E-state index contributed by atoms with van der Waals surface area (Å²) in [6.45, 7) is 5.40. The van der Waals surface area contributed by atoms with Crippen LogP contribution in [0.1, 0.15) is 20.8 Å². The number of hydrogen-bond donors (Lipinski definition) is 1. The van der Waals surface area contributed by atoms with E-state index in [-0.39, 0.29) is 5.91 Å². The van der Waals surface area contributed by atoms with E-state index in [9.17, 15) is 4.79 Å². The summed E-state index contributed by atoms with van der Waals surface area (Å²) in [5.74, 6) is 5.17. The number of nitrogens with zero attached hydrogens (tertiary/aromatic N) is 2. The summed E-state index contributed by atoms with van der Waals surface area (Å²) in [6.07, 6.45) is 3.15. The maximum absolute atomic E-state index is 10.7. The molecule has 0 fully saturated rings. The molecule has 1 aromatic heterocycles. The van der Waals surface area contributed by atoms with Crippen molar-refractivity contribution in [1.29, 1.82) is 0 Å². The van der Waals surface area contributed by atoms with E-state index < -0.39 is 0 Å². The first kappa shape index (κ1) is 11.6. The molecule has 4 heteroatoms. The van der Waals surface area contributed by atoms with Crippen LogP contribution in [0.4, 0.5) is 5.69 Å². The molecule has 0 aliphatic heterocycles. The molecule has 0 radical (unpaired) electrons. The van der Waals surface area contributed by atoms with Gasteiger partial charge >= 0.3 is 0 Å². The maximum atomic E-state index is 10.7. The van der Waals surface area contributed by atoms with Crippen molar-refractivity contribution in [3.63, 3.8) is 0 Å². The highest BCUT2D eigenvalue weighted by Gasteiger charge is 2.03. The summed E-state index contributed by atoms with van der Waals surface area (Å²) < 4.78 is 0. The number of hydrazine groups is 1. The van der Waals surface area contributed by atoms with Crippen LogP contribution in [0, 0.1) is 0 Å². The van der Waals surface area contributed by atoms with Crippen molar-refractivity contribution in [2.75, 3.05) is 5.01 Å². The summed E-state index contributed by atoms with van der Waals surface area (Å²) in [6, 6.07) is 3.44. The highest BCUT2D eigenvalue weighted by Crippen LogP contribution is 2.06. The van der Waals surface area contributed by atoms with E-state index in [1.54, 1.807) is 18.3 Å². The number of pyridine rings is 1. The van der Waals surface area contributed by atoms with E-state index >= 15 is 0 Å². The van der Waals surface area contributed by atoms with Gasteiger partial charge in [0.15, 0.2) is 0 Å². The molecule has 0 unspecified atom stereocenters. The molecule has 1 amide bonds. The third-order valence-electron chi connectivity index (χ3n) is 1.26. The van der Waals surface area contributed by atoms with Crippen LogP contribution in [-0.2, 0) is 4.79 Å². The van der Waals surface area contributed by atoms with Gasteiger partial charge < -0.3 is 0 Å². The minimum Gasteiger partial charge on any atom is -0.273 e. The zero-order chi connectivity index (χ0) is 10.3. The third-order valence-corrected chi connectivity index (χ3v) is 1.26. The minimum absolute atomic E-state index is 0.210. The molecule has 0 aromatic carbocycles. The summed E-state index contributed by atoms with van der Waals surface area (Å²) >= 11 is 0. The van der Waals surface area contributed by atoms with Crippen molar-refractivity contribution >= 4 is 11.6 Å². The van der Waals surface area contributed by atoms with Crippen LogP contribution in [0.3, 0.4) is 0 Å². The number of nitrogens with two attached hydrogens (primary N) is 1. The fraction of sp³-hybridized carbons (Fsp3) is 0.333. The number of rotatable bonds is 1. The van der Waals surface area contributed by atoms with Crippen LogP contribution in [-0.4, -0.2) is 10.9 Å². The molecule has 0 bridgehead atoms. The number of amides is 1. The lowest BCUT2D eigenvalue weighted by Crippen LogP contribution is -2.35. The van der Waals surface area contributed by atoms with Gasteiger partial charge in [0.1, 0.15) is 0 Å². The molecule has 4 nitrogen and oxygen atoms in total. The summed E-state index contributed by atoms with van der Waals surface area (Å²) in [4.78, 5) is 14.5. The second-order valence-electron chi connectivity index (χ2n) is 2.10. The molecule has 1 rings (SSSR count). The number of carbonyl (C=O) groups is 1. The number of aromatic nitrogens is 1. The maximum Gasteiger partial charge on any atom is 0.238 e. The Hall–Kier alpha value is -1.42. The predicted octanol–water partition coefficient (Wildman–Crippen LogP) is 1.33. The molecular weight excluding hydrogens is 166 g/mol. The van der Waals surface area contributed by atoms with Gasteiger partial charge in [0, 0.05) is 13.1 Å². The summed E-state index contributed by atoms with van der Waals surface area (Å²) in [5.41, 5.74) is 0.597. The molecule has 0 aliphatic carbocycles. The van der Waals surface area contributed by atoms with Crippen molar-refractivity contribution in [2.24, 2.45) is 5.84 Å². The standard InChI is InChI=1S/C7H9N3O.C2H6/c1-6(11)10(8)7-3-2-4-9-5-7;1-2/h2-5H,8H2,1H3;1-2H3. The van der Waals surface area contributed by atoms with Gasteiger partial charge in [-0.15, -0.1) is 0 Å². The first-order chi connectivity index (χ1) is 6.22. The Labute approximate surface area is 78.3 Å². The lowest BCUT2D eigenvalue weighted by Gasteiger charge is -2.12. The molecule has 0 saturated carbocycles. The van der Waals surface area contributed by atoms with Gasteiger partial charge in [-0.05, 0) is 12.1 Å². The second kappa shape index (κ2) is 6.14. The molecule has 0 saturated heterocycles. The lowest BCUT2D eigenvalue weighted by molar-refractivity contribution is -0.116. The number of anilines is 1. The fourth-order valence-electron chi connectivity index (χ4n) is 0.678. The van der Waals surface area contributed by atoms with Gasteiger partial charge in [-0.25, -0.2) is 10.9 Å². The molecule has 13 heavy (non-hydrogen) atoms. The Morgan fingerprint density at radius 2 is 2.15 bits per heavy atom. The first-order valence-corrected chi connectivity index (χ1v) is 4.17. The van der Waals surface area contributed by atoms with Gasteiger partial charge in [0.05, 0.1) is 11.9 Å². The Morgan fingerprint density at radius 1 is 1.54 bits per heavy atom. The predicted molar refractivity (Wildman–Crippen MR) is 52.9 cm³/mol. The minimum atomic E-state index is -0.210.